The normalized spacial score (nSPS) is 18.1. The summed E-state index contributed by atoms with van der Waals surface area (Å²) in [6.45, 7) is 3.84. The van der Waals surface area contributed by atoms with Gasteiger partial charge in [0.25, 0.3) is 0 Å². The Labute approximate surface area is 101 Å². The van der Waals surface area contributed by atoms with E-state index in [1.54, 1.807) is 12.1 Å². The SMILES string of the molecule is Cc1ccc(F)c(NC(=O)C2(C)CCCC2)c1. The number of hydrogen-bond acceptors (Lipinski definition) is 1. The van der Waals surface area contributed by atoms with Gasteiger partial charge in [-0.05, 0) is 37.5 Å². The number of carbonyl (C=O) groups is 1. The summed E-state index contributed by atoms with van der Waals surface area (Å²) in [4.78, 5) is 12.1. The Kier molecular flexibility index (Phi) is 3.18. The lowest BCUT2D eigenvalue weighted by Crippen LogP contribution is -2.31. The average Bonchev–Trinajstić information content (AvgIpc) is 2.72. The third kappa shape index (κ3) is 2.48. The molecule has 2 nitrogen and oxygen atoms in total. The lowest BCUT2D eigenvalue weighted by molar-refractivity contribution is -0.124. The maximum absolute atomic E-state index is 13.5. The van der Waals surface area contributed by atoms with E-state index in [0.717, 1.165) is 31.2 Å². The van der Waals surface area contributed by atoms with Crippen molar-refractivity contribution in [2.24, 2.45) is 5.41 Å². The molecule has 1 aliphatic carbocycles. The van der Waals surface area contributed by atoms with Gasteiger partial charge in [-0.1, -0.05) is 25.8 Å². The van der Waals surface area contributed by atoms with E-state index in [1.807, 2.05) is 13.8 Å². The Hall–Kier alpha value is -1.38. The molecule has 0 heterocycles. The molecule has 0 unspecified atom stereocenters. The van der Waals surface area contributed by atoms with Crippen molar-refractivity contribution in [3.05, 3.63) is 29.6 Å². The molecule has 0 radical (unpaired) electrons. The maximum atomic E-state index is 13.5. The molecule has 1 aliphatic rings. The van der Waals surface area contributed by atoms with Gasteiger partial charge in [0.15, 0.2) is 0 Å². The summed E-state index contributed by atoms with van der Waals surface area (Å²) in [5, 5.41) is 2.72. The van der Waals surface area contributed by atoms with Crippen LogP contribution in [0.3, 0.4) is 0 Å². The predicted molar refractivity (Wildman–Crippen MR) is 66.3 cm³/mol. The van der Waals surface area contributed by atoms with Gasteiger partial charge in [-0.15, -0.1) is 0 Å². The minimum Gasteiger partial charge on any atom is -0.323 e. The van der Waals surface area contributed by atoms with Crippen LogP contribution >= 0.6 is 0 Å². The molecule has 0 saturated heterocycles. The van der Waals surface area contributed by atoms with E-state index in [4.69, 9.17) is 0 Å². The van der Waals surface area contributed by atoms with Crippen molar-refractivity contribution >= 4 is 11.6 Å². The Morgan fingerprint density at radius 1 is 1.35 bits per heavy atom. The van der Waals surface area contributed by atoms with Gasteiger partial charge in [-0.3, -0.25) is 4.79 Å². The smallest absolute Gasteiger partial charge is 0.230 e. The molecule has 0 aromatic heterocycles. The summed E-state index contributed by atoms with van der Waals surface area (Å²) in [7, 11) is 0. The first kappa shape index (κ1) is 12.1. The first-order valence-corrected chi connectivity index (χ1v) is 6.09. The van der Waals surface area contributed by atoms with Gasteiger partial charge in [0.2, 0.25) is 5.91 Å². The van der Waals surface area contributed by atoms with Crippen molar-refractivity contribution in [2.75, 3.05) is 5.32 Å². The number of anilines is 1. The molecule has 92 valence electrons. The van der Waals surface area contributed by atoms with E-state index < -0.39 is 0 Å². The van der Waals surface area contributed by atoms with Crippen molar-refractivity contribution in [3.8, 4) is 0 Å². The number of halogens is 1. The highest BCUT2D eigenvalue weighted by Gasteiger charge is 2.36. The van der Waals surface area contributed by atoms with E-state index in [1.165, 1.54) is 6.07 Å². The Bertz CT molecular complexity index is 436. The minimum absolute atomic E-state index is 0.0560. The summed E-state index contributed by atoms with van der Waals surface area (Å²) in [6, 6.07) is 4.76. The highest BCUT2D eigenvalue weighted by Crippen LogP contribution is 2.38. The van der Waals surface area contributed by atoms with Crippen LogP contribution in [0, 0.1) is 18.2 Å². The van der Waals surface area contributed by atoms with Crippen LogP contribution in [-0.2, 0) is 4.79 Å². The van der Waals surface area contributed by atoms with E-state index in [-0.39, 0.29) is 17.1 Å². The van der Waals surface area contributed by atoms with Gasteiger partial charge in [-0.2, -0.15) is 0 Å². The average molecular weight is 235 g/mol. The number of aryl methyl sites for hydroxylation is 1. The Morgan fingerprint density at radius 2 is 2.00 bits per heavy atom. The third-order valence-corrected chi connectivity index (χ3v) is 3.63. The molecule has 0 bridgehead atoms. The van der Waals surface area contributed by atoms with Gasteiger partial charge < -0.3 is 5.32 Å². The van der Waals surface area contributed by atoms with Crippen LogP contribution in [-0.4, -0.2) is 5.91 Å². The molecule has 0 atom stereocenters. The number of amides is 1. The third-order valence-electron chi connectivity index (χ3n) is 3.63. The first-order valence-electron chi connectivity index (χ1n) is 6.09. The lowest BCUT2D eigenvalue weighted by Gasteiger charge is -2.22. The molecule has 17 heavy (non-hydrogen) atoms. The molecule has 0 aliphatic heterocycles. The molecular weight excluding hydrogens is 217 g/mol. The quantitative estimate of drug-likeness (QED) is 0.832. The zero-order valence-corrected chi connectivity index (χ0v) is 10.3. The molecule has 1 aromatic carbocycles. The summed E-state index contributed by atoms with van der Waals surface area (Å²) in [5.41, 5.74) is 0.914. The number of rotatable bonds is 2. The fourth-order valence-electron chi connectivity index (χ4n) is 2.39. The predicted octanol–water partition coefficient (Wildman–Crippen LogP) is 3.65. The van der Waals surface area contributed by atoms with Gasteiger partial charge in [-0.25, -0.2) is 4.39 Å². The standard InChI is InChI=1S/C14H18FNO/c1-10-5-6-11(15)12(9-10)16-13(17)14(2)7-3-4-8-14/h5-6,9H,3-4,7-8H2,1-2H3,(H,16,17). The van der Waals surface area contributed by atoms with Crippen molar-refractivity contribution in [2.45, 2.75) is 39.5 Å². The highest BCUT2D eigenvalue weighted by atomic mass is 19.1. The second-order valence-electron chi connectivity index (χ2n) is 5.21. The molecule has 1 saturated carbocycles. The molecule has 1 aromatic rings. The number of carbonyl (C=O) groups excluding carboxylic acids is 1. The topological polar surface area (TPSA) is 29.1 Å². The first-order chi connectivity index (χ1) is 8.01. The summed E-state index contributed by atoms with van der Waals surface area (Å²) in [6.07, 6.45) is 3.96. The molecule has 1 fully saturated rings. The van der Waals surface area contributed by atoms with Crippen LogP contribution in [0.5, 0.6) is 0 Å². The number of benzene rings is 1. The molecule has 3 heteroatoms. The molecular formula is C14H18FNO. The zero-order chi connectivity index (χ0) is 12.5. The van der Waals surface area contributed by atoms with E-state index in [2.05, 4.69) is 5.32 Å². The van der Waals surface area contributed by atoms with E-state index in [0.29, 0.717) is 5.69 Å². The summed E-state index contributed by atoms with van der Waals surface area (Å²) < 4.78 is 13.5. The fraction of sp³-hybridized carbons (Fsp3) is 0.500. The van der Waals surface area contributed by atoms with Crippen LogP contribution in [0.2, 0.25) is 0 Å². The van der Waals surface area contributed by atoms with E-state index >= 15 is 0 Å². The summed E-state index contributed by atoms with van der Waals surface area (Å²) >= 11 is 0. The summed E-state index contributed by atoms with van der Waals surface area (Å²) in [5.74, 6) is -0.426. The molecule has 2 rings (SSSR count). The van der Waals surface area contributed by atoms with Gasteiger partial charge in [0.1, 0.15) is 5.82 Å². The van der Waals surface area contributed by atoms with Crippen molar-refractivity contribution in [1.82, 2.24) is 0 Å². The minimum atomic E-state index is -0.370. The van der Waals surface area contributed by atoms with Gasteiger partial charge in [0.05, 0.1) is 5.69 Å². The van der Waals surface area contributed by atoms with Crippen LogP contribution in [0.1, 0.15) is 38.2 Å². The van der Waals surface area contributed by atoms with Crippen molar-refractivity contribution in [3.63, 3.8) is 0 Å². The molecule has 1 N–H and O–H groups in total. The lowest BCUT2D eigenvalue weighted by atomic mass is 9.88. The maximum Gasteiger partial charge on any atom is 0.230 e. The largest absolute Gasteiger partial charge is 0.323 e. The van der Waals surface area contributed by atoms with Crippen LogP contribution in [0.25, 0.3) is 0 Å². The molecule has 1 amide bonds. The van der Waals surface area contributed by atoms with Gasteiger partial charge in [0, 0.05) is 5.41 Å². The Balaban J connectivity index is 2.15. The second-order valence-corrected chi connectivity index (χ2v) is 5.21. The Morgan fingerprint density at radius 3 is 2.65 bits per heavy atom. The van der Waals surface area contributed by atoms with Crippen LogP contribution in [0.15, 0.2) is 18.2 Å². The van der Waals surface area contributed by atoms with Crippen molar-refractivity contribution < 1.29 is 9.18 Å². The van der Waals surface area contributed by atoms with E-state index in [9.17, 15) is 9.18 Å². The van der Waals surface area contributed by atoms with Crippen LogP contribution < -0.4 is 5.32 Å². The number of hydrogen-bond donors (Lipinski definition) is 1. The van der Waals surface area contributed by atoms with Crippen LogP contribution in [0.4, 0.5) is 10.1 Å². The number of nitrogens with one attached hydrogen (secondary N) is 1. The highest BCUT2D eigenvalue weighted by molar-refractivity contribution is 5.95. The second kappa shape index (κ2) is 4.47. The van der Waals surface area contributed by atoms with Gasteiger partial charge >= 0.3 is 0 Å². The zero-order valence-electron chi connectivity index (χ0n) is 10.3. The molecule has 0 spiro atoms. The van der Waals surface area contributed by atoms with Crippen molar-refractivity contribution in [1.29, 1.82) is 0 Å². The fourth-order valence-corrected chi connectivity index (χ4v) is 2.39. The monoisotopic (exact) mass is 235 g/mol.